The van der Waals surface area contributed by atoms with Gasteiger partial charge in [0.1, 0.15) is 0 Å². The standard InChI is InChI=1S/C40H24N4/c1-2-14-35-31(11-1)38-32-12-4-8-24-7-3-9-27(37(24)32)22-36(38)44(35)29-19-26-16-15-25(21-34(26)43-23-29)33-20-28-10-5-17-41-39(28)40-30(33)13-6-18-42-40/h1-11,13-23H,12H2. The molecule has 0 atom stereocenters. The van der Waals surface area contributed by atoms with Crippen molar-refractivity contribution in [3.8, 4) is 16.8 Å². The third-order valence-corrected chi connectivity index (χ3v) is 9.26. The second-order valence-corrected chi connectivity index (χ2v) is 11.7. The molecule has 0 saturated heterocycles. The minimum Gasteiger partial charge on any atom is -0.308 e. The smallest absolute Gasteiger partial charge is 0.0970 e. The molecule has 1 aliphatic rings. The normalized spacial score (nSPS) is 12.8. The van der Waals surface area contributed by atoms with E-state index in [1.165, 1.54) is 43.7 Å². The highest BCUT2D eigenvalue weighted by atomic mass is 15.0. The molecule has 0 N–H and O–H groups in total. The second-order valence-electron chi connectivity index (χ2n) is 11.7. The molecule has 0 unspecified atom stereocenters. The lowest BCUT2D eigenvalue weighted by Gasteiger charge is -2.15. The molecule has 0 bridgehead atoms. The summed E-state index contributed by atoms with van der Waals surface area (Å²) in [7, 11) is 0. The first kappa shape index (κ1) is 23.7. The molecule has 5 aromatic carbocycles. The van der Waals surface area contributed by atoms with Crippen molar-refractivity contribution in [2.45, 2.75) is 6.42 Å². The molecule has 1 aliphatic carbocycles. The Morgan fingerprint density at radius 1 is 0.591 bits per heavy atom. The molecule has 0 spiro atoms. The highest BCUT2D eigenvalue weighted by Gasteiger charge is 2.20. The molecular formula is C40H24N4. The summed E-state index contributed by atoms with van der Waals surface area (Å²) >= 11 is 0. The maximum atomic E-state index is 5.05. The van der Waals surface area contributed by atoms with Crippen LogP contribution in [0, 0.1) is 0 Å². The van der Waals surface area contributed by atoms with Gasteiger partial charge < -0.3 is 4.57 Å². The van der Waals surface area contributed by atoms with Gasteiger partial charge >= 0.3 is 0 Å². The molecule has 0 aliphatic heterocycles. The van der Waals surface area contributed by atoms with Gasteiger partial charge in [-0.3, -0.25) is 15.0 Å². The van der Waals surface area contributed by atoms with Gasteiger partial charge in [0.2, 0.25) is 0 Å². The van der Waals surface area contributed by atoms with Crippen LogP contribution in [0.25, 0.3) is 88.2 Å². The topological polar surface area (TPSA) is 43.6 Å². The lowest BCUT2D eigenvalue weighted by molar-refractivity contribution is 1.16. The van der Waals surface area contributed by atoms with Crippen molar-refractivity contribution in [3.05, 3.63) is 139 Å². The van der Waals surface area contributed by atoms with Crippen LogP contribution in [0.2, 0.25) is 0 Å². The van der Waals surface area contributed by atoms with E-state index in [0.717, 1.165) is 55.9 Å². The molecule has 4 heteroatoms. The van der Waals surface area contributed by atoms with E-state index >= 15 is 0 Å². The van der Waals surface area contributed by atoms with E-state index in [-0.39, 0.29) is 0 Å². The fraction of sp³-hybridized carbons (Fsp3) is 0.0250. The Labute approximate surface area is 252 Å². The molecule has 4 heterocycles. The zero-order chi connectivity index (χ0) is 28.8. The van der Waals surface area contributed by atoms with E-state index in [4.69, 9.17) is 9.97 Å². The van der Waals surface area contributed by atoms with Crippen LogP contribution in [-0.2, 0) is 6.42 Å². The molecule has 9 aromatic rings. The average Bonchev–Trinajstić information content (AvgIpc) is 3.42. The molecular weight excluding hydrogens is 536 g/mol. The van der Waals surface area contributed by atoms with Gasteiger partial charge in [0.25, 0.3) is 0 Å². The van der Waals surface area contributed by atoms with E-state index in [1.54, 1.807) is 0 Å². The SMILES string of the molecule is C1=Cc2cccc3cc4c(c(c23)C1)c1ccccc1n4-c1cnc2cc(-c3cc4cccnc4c4ncccc34)ccc2c1. The van der Waals surface area contributed by atoms with E-state index in [0.29, 0.717) is 0 Å². The zero-order valence-corrected chi connectivity index (χ0v) is 23.7. The number of benzene rings is 5. The van der Waals surface area contributed by atoms with Crippen LogP contribution in [0.4, 0.5) is 0 Å². The minimum atomic E-state index is 0.921. The van der Waals surface area contributed by atoms with Crippen molar-refractivity contribution < 1.29 is 0 Å². The van der Waals surface area contributed by atoms with Gasteiger partial charge in [0, 0.05) is 39.3 Å². The Hall–Kier alpha value is -5.87. The molecule has 204 valence electrons. The van der Waals surface area contributed by atoms with Crippen LogP contribution in [0.1, 0.15) is 11.1 Å². The molecule has 4 nitrogen and oxygen atoms in total. The number of nitrogens with zero attached hydrogens (tertiary/aromatic N) is 4. The van der Waals surface area contributed by atoms with E-state index in [9.17, 15) is 0 Å². The number of aromatic nitrogens is 4. The number of para-hydroxylation sites is 1. The average molecular weight is 561 g/mol. The first-order chi connectivity index (χ1) is 21.8. The van der Waals surface area contributed by atoms with Gasteiger partial charge in [-0.05, 0) is 81.9 Å². The summed E-state index contributed by atoms with van der Waals surface area (Å²) < 4.78 is 2.39. The van der Waals surface area contributed by atoms with Crippen molar-refractivity contribution >= 4 is 71.4 Å². The van der Waals surface area contributed by atoms with Gasteiger partial charge in [-0.15, -0.1) is 0 Å². The number of rotatable bonds is 2. The molecule has 4 aromatic heterocycles. The maximum Gasteiger partial charge on any atom is 0.0970 e. The Morgan fingerprint density at radius 2 is 1.45 bits per heavy atom. The number of allylic oxidation sites excluding steroid dienone is 1. The van der Waals surface area contributed by atoms with Crippen LogP contribution in [-0.4, -0.2) is 19.5 Å². The quantitative estimate of drug-likeness (QED) is 0.198. The predicted octanol–water partition coefficient (Wildman–Crippen LogP) is 9.82. The Morgan fingerprint density at radius 3 is 2.43 bits per heavy atom. The Bertz CT molecular complexity index is 2700. The van der Waals surface area contributed by atoms with Crippen molar-refractivity contribution in [2.24, 2.45) is 0 Å². The predicted molar refractivity (Wildman–Crippen MR) is 182 cm³/mol. The number of hydrogen-bond acceptors (Lipinski definition) is 3. The van der Waals surface area contributed by atoms with Gasteiger partial charge in [-0.25, -0.2) is 0 Å². The minimum absolute atomic E-state index is 0.921. The lowest BCUT2D eigenvalue weighted by Crippen LogP contribution is -1.98. The van der Waals surface area contributed by atoms with Gasteiger partial charge in [-0.1, -0.05) is 72.8 Å². The van der Waals surface area contributed by atoms with Crippen molar-refractivity contribution in [3.63, 3.8) is 0 Å². The number of fused-ring (bicyclic) bond motifs is 8. The van der Waals surface area contributed by atoms with Crippen LogP contribution in [0.3, 0.4) is 0 Å². The largest absolute Gasteiger partial charge is 0.308 e. The fourth-order valence-corrected chi connectivity index (χ4v) is 7.38. The van der Waals surface area contributed by atoms with Crippen molar-refractivity contribution in [1.29, 1.82) is 0 Å². The molecule has 0 saturated carbocycles. The monoisotopic (exact) mass is 560 g/mol. The zero-order valence-electron chi connectivity index (χ0n) is 23.7. The van der Waals surface area contributed by atoms with Crippen LogP contribution < -0.4 is 0 Å². The Balaban J connectivity index is 1.19. The fourth-order valence-electron chi connectivity index (χ4n) is 7.38. The van der Waals surface area contributed by atoms with Gasteiger partial charge in [0.15, 0.2) is 0 Å². The second kappa shape index (κ2) is 8.82. The molecule has 0 amide bonds. The third-order valence-electron chi connectivity index (χ3n) is 9.26. The molecule has 0 fully saturated rings. The third kappa shape index (κ3) is 3.25. The summed E-state index contributed by atoms with van der Waals surface area (Å²) in [6, 6.07) is 37.0. The summed E-state index contributed by atoms with van der Waals surface area (Å²) in [6.07, 6.45) is 11.2. The highest BCUT2D eigenvalue weighted by Crippen LogP contribution is 2.41. The molecule has 44 heavy (non-hydrogen) atoms. The van der Waals surface area contributed by atoms with Gasteiger partial charge in [-0.2, -0.15) is 0 Å². The van der Waals surface area contributed by atoms with Crippen LogP contribution in [0.5, 0.6) is 0 Å². The molecule has 0 radical (unpaired) electrons. The first-order valence-electron chi connectivity index (χ1n) is 15.0. The number of pyridine rings is 3. The van der Waals surface area contributed by atoms with Crippen LogP contribution in [0.15, 0.2) is 128 Å². The summed E-state index contributed by atoms with van der Waals surface area (Å²) in [6.45, 7) is 0. The highest BCUT2D eigenvalue weighted by molar-refractivity contribution is 6.18. The summed E-state index contributed by atoms with van der Waals surface area (Å²) in [5.41, 5.74) is 11.3. The van der Waals surface area contributed by atoms with Gasteiger partial charge in [0.05, 0.1) is 39.5 Å². The lowest BCUT2D eigenvalue weighted by atomic mass is 9.90. The number of hydrogen-bond donors (Lipinski definition) is 0. The van der Waals surface area contributed by atoms with E-state index in [2.05, 4.69) is 113 Å². The summed E-state index contributed by atoms with van der Waals surface area (Å²) in [5, 5.41) is 8.56. The Kier molecular flexibility index (Phi) is 4.74. The molecule has 10 rings (SSSR count). The van der Waals surface area contributed by atoms with E-state index in [1.807, 2.05) is 30.7 Å². The van der Waals surface area contributed by atoms with Crippen molar-refractivity contribution in [2.75, 3.05) is 0 Å². The van der Waals surface area contributed by atoms with Crippen LogP contribution >= 0.6 is 0 Å². The summed E-state index contributed by atoms with van der Waals surface area (Å²) in [4.78, 5) is 14.4. The first-order valence-corrected chi connectivity index (χ1v) is 15.0. The maximum absolute atomic E-state index is 5.05. The summed E-state index contributed by atoms with van der Waals surface area (Å²) in [5.74, 6) is 0. The van der Waals surface area contributed by atoms with Crippen molar-refractivity contribution in [1.82, 2.24) is 19.5 Å². The van der Waals surface area contributed by atoms with E-state index < -0.39 is 0 Å².